The van der Waals surface area contributed by atoms with E-state index in [0.717, 1.165) is 16.5 Å². The second kappa shape index (κ2) is 11.0. The SMILES string of the molecule is CC(=O)N[C@@H](Cc1ccc(O)cc1)C(=O)N[C@@H](Cc1c[nH]c2ccccc12)C(=O)NCC(=O)O. The molecule has 3 aromatic rings. The molecule has 2 atom stereocenters. The first-order chi connectivity index (χ1) is 16.2. The Kier molecular flexibility index (Phi) is 7.86. The van der Waals surface area contributed by atoms with Crippen molar-refractivity contribution in [1.82, 2.24) is 20.9 Å². The molecule has 0 saturated carbocycles. The number of amides is 3. The van der Waals surface area contributed by atoms with Crippen LogP contribution in [0, 0.1) is 0 Å². The van der Waals surface area contributed by atoms with Gasteiger partial charge in [-0.2, -0.15) is 0 Å². The van der Waals surface area contributed by atoms with E-state index in [4.69, 9.17) is 5.11 Å². The molecule has 1 aromatic heterocycles. The number of carbonyl (C=O) groups excluding carboxylic acids is 3. The van der Waals surface area contributed by atoms with Gasteiger partial charge < -0.3 is 31.1 Å². The predicted molar refractivity (Wildman–Crippen MR) is 124 cm³/mol. The van der Waals surface area contributed by atoms with E-state index in [-0.39, 0.29) is 18.6 Å². The molecule has 0 bridgehead atoms. The number of nitrogens with one attached hydrogen (secondary N) is 4. The Morgan fingerprint density at radius 2 is 1.59 bits per heavy atom. The highest BCUT2D eigenvalue weighted by Crippen LogP contribution is 2.19. The molecule has 0 aliphatic heterocycles. The maximum atomic E-state index is 13.1. The van der Waals surface area contributed by atoms with E-state index in [1.54, 1.807) is 18.3 Å². The molecule has 0 saturated heterocycles. The molecule has 0 radical (unpaired) electrons. The fraction of sp³-hybridized carbons (Fsp3) is 0.250. The molecule has 1 heterocycles. The van der Waals surface area contributed by atoms with Crippen LogP contribution in [-0.2, 0) is 32.0 Å². The van der Waals surface area contributed by atoms with Crippen molar-refractivity contribution >= 4 is 34.6 Å². The van der Waals surface area contributed by atoms with E-state index in [1.165, 1.54) is 19.1 Å². The first-order valence-corrected chi connectivity index (χ1v) is 10.6. The Morgan fingerprint density at radius 1 is 0.912 bits per heavy atom. The number of aliphatic carboxylic acids is 1. The number of hydrogen-bond donors (Lipinski definition) is 6. The van der Waals surface area contributed by atoms with E-state index in [1.807, 2.05) is 24.3 Å². The summed E-state index contributed by atoms with van der Waals surface area (Å²) in [6.45, 7) is 0.682. The van der Waals surface area contributed by atoms with Gasteiger partial charge in [0.05, 0.1) is 0 Å². The Bertz CT molecular complexity index is 1190. The second-order valence-corrected chi connectivity index (χ2v) is 7.86. The number of rotatable bonds is 10. The molecule has 3 rings (SSSR count). The third-order valence-electron chi connectivity index (χ3n) is 5.22. The van der Waals surface area contributed by atoms with Crippen molar-refractivity contribution in [1.29, 1.82) is 0 Å². The van der Waals surface area contributed by atoms with Gasteiger partial charge in [0, 0.05) is 36.9 Å². The first kappa shape index (κ1) is 24.3. The molecule has 178 valence electrons. The van der Waals surface area contributed by atoms with Crippen molar-refractivity contribution in [2.45, 2.75) is 31.8 Å². The van der Waals surface area contributed by atoms with Crippen LogP contribution >= 0.6 is 0 Å². The smallest absolute Gasteiger partial charge is 0.322 e. The number of aromatic hydroxyl groups is 1. The maximum Gasteiger partial charge on any atom is 0.322 e. The number of hydrogen-bond acceptors (Lipinski definition) is 5. The lowest BCUT2D eigenvalue weighted by molar-refractivity contribution is -0.138. The van der Waals surface area contributed by atoms with Gasteiger partial charge in [-0.3, -0.25) is 19.2 Å². The topological polar surface area (TPSA) is 161 Å². The largest absolute Gasteiger partial charge is 0.508 e. The molecule has 10 heteroatoms. The summed E-state index contributed by atoms with van der Waals surface area (Å²) >= 11 is 0. The van der Waals surface area contributed by atoms with E-state index in [2.05, 4.69) is 20.9 Å². The van der Waals surface area contributed by atoms with Crippen molar-refractivity contribution < 1.29 is 29.4 Å². The molecule has 0 fully saturated rings. The summed E-state index contributed by atoms with van der Waals surface area (Å²) in [5, 5.41) is 26.8. The molecule has 2 aromatic carbocycles. The van der Waals surface area contributed by atoms with Crippen LogP contribution in [-0.4, -0.2) is 57.5 Å². The summed E-state index contributed by atoms with van der Waals surface area (Å²) in [6.07, 6.45) is 1.96. The van der Waals surface area contributed by atoms with Crippen LogP contribution in [0.3, 0.4) is 0 Å². The van der Waals surface area contributed by atoms with Gasteiger partial charge in [-0.05, 0) is 29.3 Å². The number of para-hydroxylation sites is 1. The van der Waals surface area contributed by atoms with Crippen molar-refractivity contribution in [3.63, 3.8) is 0 Å². The number of H-pyrrole nitrogens is 1. The summed E-state index contributed by atoms with van der Waals surface area (Å²) < 4.78 is 0. The minimum Gasteiger partial charge on any atom is -0.508 e. The lowest BCUT2D eigenvalue weighted by Gasteiger charge is -2.23. The molecular formula is C24H26N4O6. The number of aromatic amines is 1. The molecule has 34 heavy (non-hydrogen) atoms. The molecule has 0 unspecified atom stereocenters. The van der Waals surface area contributed by atoms with Crippen LogP contribution in [0.4, 0.5) is 0 Å². The number of aromatic nitrogens is 1. The van der Waals surface area contributed by atoms with Crippen LogP contribution in [0.15, 0.2) is 54.7 Å². The third-order valence-corrected chi connectivity index (χ3v) is 5.22. The summed E-state index contributed by atoms with van der Waals surface area (Å²) in [6, 6.07) is 11.6. The zero-order chi connectivity index (χ0) is 24.7. The maximum absolute atomic E-state index is 13.1. The average molecular weight is 466 g/mol. The highest BCUT2D eigenvalue weighted by atomic mass is 16.4. The zero-order valence-electron chi connectivity index (χ0n) is 18.5. The molecule has 0 aliphatic rings. The molecule has 6 N–H and O–H groups in total. The Balaban J connectivity index is 1.82. The van der Waals surface area contributed by atoms with Gasteiger partial charge in [-0.25, -0.2) is 0 Å². The third kappa shape index (κ3) is 6.58. The lowest BCUT2D eigenvalue weighted by atomic mass is 10.0. The quantitative estimate of drug-likeness (QED) is 0.260. The fourth-order valence-corrected chi connectivity index (χ4v) is 3.61. The minimum atomic E-state index is -1.21. The number of carboxylic acid groups (broad SMARTS) is 1. The van der Waals surface area contributed by atoms with E-state index >= 15 is 0 Å². The van der Waals surface area contributed by atoms with Crippen molar-refractivity contribution in [2.75, 3.05) is 6.54 Å². The van der Waals surface area contributed by atoms with Gasteiger partial charge in [0.25, 0.3) is 0 Å². The Labute approximate surface area is 195 Å². The number of carboxylic acids is 1. The lowest BCUT2D eigenvalue weighted by Crippen LogP contribution is -2.55. The van der Waals surface area contributed by atoms with Crippen LogP contribution in [0.25, 0.3) is 10.9 Å². The zero-order valence-corrected chi connectivity index (χ0v) is 18.5. The van der Waals surface area contributed by atoms with E-state index in [9.17, 15) is 24.3 Å². The van der Waals surface area contributed by atoms with Gasteiger partial charge in [0.2, 0.25) is 17.7 Å². The van der Waals surface area contributed by atoms with Crippen molar-refractivity contribution in [2.24, 2.45) is 0 Å². The Hall–Kier alpha value is -4.34. The summed E-state index contributed by atoms with van der Waals surface area (Å²) in [5.74, 6) is -2.83. The summed E-state index contributed by atoms with van der Waals surface area (Å²) in [5.41, 5.74) is 2.31. The Morgan fingerprint density at radius 3 is 2.26 bits per heavy atom. The number of carbonyl (C=O) groups is 4. The first-order valence-electron chi connectivity index (χ1n) is 10.6. The molecule has 10 nitrogen and oxygen atoms in total. The summed E-state index contributed by atoms with van der Waals surface area (Å²) in [7, 11) is 0. The van der Waals surface area contributed by atoms with Gasteiger partial charge in [-0.1, -0.05) is 30.3 Å². The van der Waals surface area contributed by atoms with Crippen molar-refractivity contribution in [3.8, 4) is 5.75 Å². The number of phenolic OH excluding ortho intramolecular Hbond substituents is 1. The van der Waals surface area contributed by atoms with Gasteiger partial charge >= 0.3 is 5.97 Å². The van der Waals surface area contributed by atoms with Crippen LogP contribution in [0.5, 0.6) is 5.75 Å². The number of fused-ring (bicyclic) bond motifs is 1. The number of phenols is 1. The predicted octanol–water partition coefficient (Wildman–Crippen LogP) is 0.849. The standard InChI is InChI=1S/C24H26N4O6/c1-14(29)27-20(10-15-6-8-17(30)9-7-15)24(34)28-21(23(33)26-13-22(31)32)11-16-12-25-19-5-3-2-4-18(16)19/h2-9,12,20-21,25,30H,10-11,13H2,1H3,(H,26,33)(H,27,29)(H,28,34)(H,31,32)/t20-,21-/m0/s1. The van der Waals surface area contributed by atoms with Crippen LogP contribution in [0.1, 0.15) is 18.1 Å². The van der Waals surface area contributed by atoms with E-state index in [0.29, 0.717) is 5.56 Å². The average Bonchev–Trinajstić information content (AvgIpc) is 3.20. The highest BCUT2D eigenvalue weighted by molar-refractivity contribution is 5.93. The fourth-order valence-electron chi connectivity index (χ4n) is 3.61. The minimum absolute atomic E-state index is 0.0678. The van der Waals surface area contributed by atoms with E-state index < -0.39 is 42.3 Å². The van der Waals surface area contributed by atoms with Gasteiger partial charge in [0.15, 0.2) is 0 Å². The molecule has 3 amide bonds. The van der Waals surface area contributed by atoms with Gasteiger partial charge in [-0.15, -0.1) is 0 Å². The number of benzene rings is 2. The van der Waals surface area contributed by atoms with Gasteiger partial charge in [0.1, 0.15) is 24.4 Å². The van der Waals surface area contributed by atoms with Crippen LogP contribution in [0.2, 0.25) is 0 Å². The summed E-state index contributed by atoms with van der Waals surface area (Å²) in [4.78, 5) is 51.6. The second-order valence-electron chi connectivity index (χ2n) is 7.86. The van der Waals surface area contributed by atoms with Crippen molar-refractivity contribution in [3.05, 3.63) is 65.9 Å². The highest BCUT2D eigenvalue weighted by Gasteiger charge is 2.27. The van der Waals surface area contributed by atoms with Crippen LogP contribution < -0.4 is 16.0 Å². The normalized spacial score (nSPS) is 12.5. The molecule has 0 spiro atoms. The molecular weight excluding hydrogens is 440 g/mol. The monoisotopic (exact) mass is 466 g/mol. The molecule has 0 aliphatic carbocycles.